The lowest BCUT2D eigenvalue weighted by Gasteiger charge is -2.14. The van der Waals surface area contributed by atoms with Gasteiger partial charge in [0, 0.05) is 31.5 Å². The number of hydrogen-bond acceptors (Lipinski definition) is 4. The van der Waals surface area contributed by atoms with E-state index in [-0.39, 0.29) is 4.90 Å². The standard InChI is InChI=1S/C17H20N2O3S/c1-13(18-15-8-6-9-16(12-15)22-4)14-7-5-10-17(11-14)23(20,21)19(2)3/h5-12,18H,1H2,2-4H3. The van der Waals surface area contributed by atoms with Crippen LogP contribution in [-0.4, -0.2) is 33.9 Å². The third kappa shape index (κ3) is 3.91. The zero-order valence-electron chi connectivity index (χ0n) is 13.4. The highest BCUT2D eigenvalue weighted by Gasteiger charge is 2.17. The molecule has 23 heavy (non-hydrogen) atoms. The summed E-state index contributed by atoms with van der Waals surface area (Å²) in [5, 5.41) is 3.16. The number of ether oxygens (including phenoxy) is 1. The second-order valence-corrected chi connectivity index (χ2v) is 7.30. The molecule has 0 aliphatic rings. The van der Waals surface area contributed by atoms with Crippen LogP contribution in [0.1, 0.15) is 5.56 Å². The van der Waals surface area contributed by atoms with Crippen LogP contribution in [0, 0.1) is 0 Å². The van der Waals surface area contributed by atoms with Crippen LogP contribution in [0.3, 0.4) is 0 Å². The van der Waals surface area contributed by atoms with Gasteiger partial charge >= 0.3 is 0 Å². The van der Waals surface area contributed by atoms with Crippen molar-refractivity contribution in [2.75, 3.05) is 26.5 Å². The van der Waals surface area contributed by atoms with E-state index in [0.717, 1.165) is 11.4 Å². The van der Waals surface area contributed by atoms with Gasteiger partial charge in [0.25, 0.3) is 0 Å². The minimum absolute atomic E-state index is 0.230. The SMILES string of the molecule is C=C(Nc1cccc(OC)c1)c1cccc(S(=O)(=O)N(C)C)c1. The normalized spacial score (nSPS) is 11.3. The molecule has 2 aromatic carbocycles. The number of hydrogen-bond donors (Lipinski definition) is 1. The molecule has 0 fully saturated rings. The lowest BCUT2D eigenvalue weighted by molar-refractivity contribution is 0.415. The van der Waals surface area contributed by atoms with E-state index in [1.54, 1.807) is 25.3 Å². The maximum Gasteiger partial charge on any atom is 0.242 e. The fourth-order valence-corrected chi connectivity index (χ4v) is 2.95. The van der Waals surface area contributed by atoms with E-state index in [1.807, 2.05) is 30.3 Å². The molecule has 0 aromatic heterocycles. The Labute approximate surface area is 137 Å². The summed E-state index contributed by atoms with van der Waals surface area (Å²) in [7, 11) is 1.14. The summed E-state index contributed by atoms with van der Waals surface area (Å²) in [5.41, 5.74) is 2.13. The van der Waals surface area contributed by atoms with Gasteiger partial charge in [-0.25, -0.2) is 12.7 Å². The molecule has 0 spiro atoms. The summed E-state index contributed by atoms with van der Waals surface area (Å²) < 4.78 is 30.8. The van der Waals surface area contributed by atoms with Crippen molar-refractivity contribution in [3.8, 4) is 5.75 Å². The first kappa shape index (κ1) is 17.1. The largest absolute Gasteiger partial charge is 0.497 e. The minimum atomic E-state index is -3.47. The maximum absolute atomic E-state index is 12.2. The van der Waals surface area contributed by atoms with Crippen molar-refractivity contribution in [3.63, 3.8) is 0 Å². The number of rotatable bonds is 6. The fourth-order valence-electron chi connectivity index (χ4n) is 2.00. The summed E-state index contributed by atoms with van der Waals surface area (Å²) in [6, 6.07) is 14.1. The van der Waals surface area contributed by atoms with Gasteiger partial charge in [0.1, 0.15) is 5.75 Å². The van der Waals surface area contributed by atoms with Gasteiger partial charge in [0.2, 0.25) is 10.0 Å². The molecule has 0 radical (unpaired) electrons. The average Bonchev–Trinajstić information content (AvgIpc) is 2.55. The average molecular weight is 332 g/mol. The molecule has 0 heterocycles. The van der Waals surface area contributed by atoms with Crippen molar-refractivity contribution >= 4 is 21.4 Å². The smallest absolute Gasteiger partial charge is 0.242 e. The molecule has 0 saturated heterocycles. The summed E-state index contributed by atoms with van der Waals surface area (Å²) in [6.07, 6.45) is 0. The molecule has 122 valence electrons. The van der Waals surface area contributed by atoms with Gasteiger partial charge in [-0.3, -0.25) is 0 Å². The Kier molecular flexibility index (Phi) is 5.08. The van der Waals surface area contributed by atoms with Crippen LogP contribution in [0.25, 0.3) is 5.70 Å². The summed E-state index contributed by atoms with van der Waals surface area (Å²) in [4.78, 5) is 0.230. The number of sulfonamides is 1. The van der Waals surface area contributed by atoms with Gasteiger partial charge < -0.3 is 10.1 Å². The molecule has 6 heteroatoms. The van der Waals surface area contributed by atoms with E-state index in [1.165, 1.54) is 18.4 Å². The maximum atomic E-state index is 12.2. The van der Waals surface area contributed by atoms with E-state index in [2.05, 4.69) is 11.9 Å². The monoisotopic (exact) mass is 332 g/mol. The topological polar surface area (TPSA) is 58.6 Å². The first-order valence-corrected chi connectivity index (χ1v) is 8.41. The molecular weight excluding hydrogens is 312 g/mol. The predicted molar refractivity (Wildman–Crippen MR) is 93.0 cm³/mol. The molecule has 2 rings (SSSR count). The molecule has 0 saturated carbocycles. The first-order valence-electron chi connectivity index (χ1n) is 6.97. The third-order valence-electron chi connectivity index (χ3n) is 3.33. The van der Waals surface area contributed by atoms with Crippen LogP contribution in [0.15, 0.2) is 60.0 Å². The first-order chi connectivity index (χ1) is 10.8. The van der Waals surface area contributed by atoms with Crippen molar-refractivity contribution < 1.29 is 13.2 Å². The minimum Gasteiger partial charge on any atom is -0.497 e. The van der Waals surface area contributed by atoms with E-state index in [9.17, 15) is 8.42 Å². The Morgan fingerprint density at radius 1 is 1.13 bits per heavy atom. The van der Waals surface area contributed by atoms with Crippen molar-refractivity contribution in [3.05, 3.63) is 60.7 Å². The van der Waals surface area contributed by atoms with Crippen molar-refractivity contribution in [2.45, 2.75) is 4.90 Å². The Balaban J connectivity index is 2.26. The Bertz CT molecular complexity index is 814. The van der Waals surface area contributed by atoms with Crippen LogP contribution in [-0.2, 0) is 10.0 Å². The zero-order chi connectivity index (χ0) is 17.0. The third-order valence-corrected chi connectivity index (χ3v) is 5.14. The van der Waals surface area contributed by atoms with Gasteiger partial charge in [-0.05, 0) is 29.8 Å². The van der Waals surface area contributed by atoms with Crippen molar-refractivity contribution in [1.29, 1.82) is 0 Å². The lowest BCUT2D eigenvalue weighted by atomic mass is 10.1. The van der Waals surface area contributed by atoms with Crippen LogP contribution in [0.5, 0.6) is 5.75 Å². The zero-order valence-corrected chi connectivity index (χ0v) is 14.2. The van der Waals surface area contributed by atoms with Crippen molar-refractivity contribution in [2.24, 2.45) is 0 Å². The Morgan fingerprint density at radius 2 is 1.83 bits per heavy atom. The van der Waals surface area contributed by atoms with Gasteiger partial charge in [-0.15, -0.1) is 0 Å². The molecule has 0 bridgehead atoms. The van der Waals surface area contributed by atoms with E-state index in [4.69, 9.17) is 4.74 Å². The van der Waals surface area contributed by atoms with Gasteiger partial charge in [-0.1, -0.05) is 24.8 Å². The Morgan fingerprint density at radius 3 is 2.48 bits per heavy atom. The summed E-state index contributed by atoms with van der Waals surface area (Å²) in [6.45, 7) is 3.98. The number of nitrogens with zero attached hydrogens (tertiary/aromatic N) is 1. The second-order valence-electron chi connectivity index (χ2n) is 5.15. The summed E-state index contributed by atoms with van der Waals surface area (Å²) >= 11 is 0. The lowest BCUT2D eigenvalue weighted by Crippen LogP contribution is -2.22. The van der Waals surface area contributed by atoms with Crippen LogP contribution in [0.4, 0.5) is 5.69 Å². The molecule has 5 nitrogen and oxygen atoms in total. The molecule has 0 amide bonds. The van der Waals surface area contributed by atoms with Crippen molar-refractivity contribution in [1.82, 2.24) is 4.31 Å². The molecule has 0 aliphatic carbocycles. The van der Waals surface area contributed by atoms with E-state index < -0.39 is 10.0 Å². The van der Waals surface area contributed by atoms with Crippen LogP contribution in [0.2, 0.25) is 0 Å². The molecule has 0 unspecified atom stereocenters. The number of nitrogens with one attached hydrogen (secondary N) is 1. The number of methoxy groups -OCH3 is 1. The second kappa shape index (κ2) is 6.85. The molecular formula is C17H20N2O3S. The van der Waals surface area contributed by atoms with E-state index >= 15 is 0 Å². The highest BCUT2D eigenvalue weighted by molar-refractivity contribution is 7.89. The Hall–Kier alpha value is -2.31. The van der Waals surface area contributed by atoms with E-state index in [0.29, 0.717) is 11.3 Å². The quantitative estimate of drug-likeness (QED) is 0.883. The number of benzene rings is 2. The van der Waals surface area contributed by atoms with Crippen LogP contribution < -0.4 is 10.1 Å². The van der Waals surface area contributed by atoms with Gasteiger partial charge in [0.15, 0.2) is 0 Å². The predicted octanol–water partition coefficient (Wildman–Crippen LogP) is 3.03. The fraction of sp³-hybridized carbons (Fsp3) is 0.176. The van der Waals surface area contributed by atoms with Crippen LogP contribution >= 0.6 is 0 Å². The molecule has 1 N–H and O–H groups in total. The van der Waals surface area contributed by atoms with Gasteiger partial charge in [-0.2, -0.15) is 0 Å². The van der Waals surface area contributed by atoms with Gasteiger partial charge in [0.05, 0.1) is 12.0 Å². The molecule has 0 atom stereocenters. The molecule has 2 aromatic rings. The highest BCUT2D eigenvalue weighted by atomic mass is 32.2. The summed E-state index contributed by atoms with van der Waals surface area (Å²) in [5.74, 6) is 0.728. The number of anilines is 1. The molecule has 0 aliphatic heterocycles. The highest BCUT2D eigenvalue weighted by Crippen LogP contribution is 2.23.